The maximum atomic E-state index is 5.69. The minimum atomic E-state index is 0.788. The quantitative estimate of drug-likeness (QED) is 0.835. The molecule has 16 heavy (non-hydrogen) atoms. The highest BCUT2D eigenvalue weighted by Crippen LogP contribution is 2.13. The predicted octanol–water partition coefficient (Wildman–Crippen LogP) is 1.42. The van der Waals surface area contributed by atoms with Crippen LogP contribution in [0.15, 0.2) is 24.3 Å². The standard InChI is InChI=1S/C13H20N2O/c14-12-4-6-13(7-5-12)16-11-10-15-8-2-1-3-9-15/h4-7H,1-3,8-11,14H2/p+1. The van der Waals surface area contributed by atoms with Crippen molar-refractivity contribution in [1.29, 1.82) is 0 Å². The van der Waals surface area contributed by atoms with Crippen molar-refractivity contribution in [2.45, 2.75) is 19.3 Å². The Balaban J connectivity index is 1.69. The zero-order valence-electron chi connectivity index (χ0n) is 9.82. The first kappa shape index (κ1) is 11.4. The number of likely N-dealkylation sites (tertiary alicyclic amines) is 1. The number of piperidine rings is 1. The predicted molar refractivity (Wildman–Crippen MR) is 64.8 cm³/mol. The second-order valence-electron chi connectivity index (χ2n) is 4.39. The number of nitrogens with zero attached hydrogens (tertiary/aromatic N) is 1. The van der Waals surface area contributed by atoms with Gasteiger partial charge in [0, 0.05) is 18.7 Å². The number of quaternary nitrogens is 1. The van der Waals surface area contributed by atoms with Crippen molar-refractivity contribution in [2.24, 2.45) is 0 Å². The van der Waals surface area contributed by atoms with E-state index in [1.54, 1.807) is 0 Å². The maximum absolute atomic E-state index is 5.69. The molecule has 1 aliphatic rings. The fourth-order valence-corrected chi connectivity index (χ4v) is 2.06. The second kappa shape index (κ2) is 5.87. The van der Waals surface area contributed by atoms with E-state index in [0.29, 0.717) is 0 Å². The molecule has 3 heteroatoms. The number of hydrogen-bond donors (Lipinski definition) is 1. The largest absolute Gasteiger partial charge is 0.492 e. The van der Waals surface area contributed by atoms with Crippen molar-refractivity contribution in [3.8, 4) is 5.75 Å². The minimum Gasteiger partial charge on any atom is -0.492 e. The Morgan fingerprint density at radius 2 is 1.75 bits per heavy atom. The first-order valence-electron chi connectivity index (χ1n) is 6.12. The normalized spacial score (nSPS) is 17.3. The number of ether oxygens (including phenoxy) is 1. The molecule has 2 rings (SSSR count). The summed E-state index contributed by atoms with van der Waals surface area (Å²) in [5, 5.41) is 0. The summed E-state index contributed by atoms with van der Waals surface area (Å²) in [5.74, 6) is 0.949. The third-order valence-corrected chi connectivity index (χ3v) is 3.05. The average molecular weight is 221 g/mol. The van der Waals surface area contributed by atoms with Gasteiger partial charge in [0.25, 0.3) is 0 Å². The molecule has 1 aliphatic heterocycles. The smallest absolute Gasteiger partial charge is 0.128 e. The first-order valence-corrected chi connectivity index (χ1v) is 6.12. The number of rotatable bonds is 4. The molecule has 0 radical (unpaired) electrons. The molecule has 0 amide bonds. The van der Waals surface area contributed by atoms with E-state index < -0.39 is 0 Å². The molecular formula is C13H21N2O+. The Morgan fingerprint density at radius 1 is 1.06 bits per heavy atom. The van der Waals surface area contributed by atoms with Crippen LogP contribution < -0.4 is 10.5 Å². The third-order valence-electron chi connectivity index (χ3n) is 3.05. The summed E-state index contributed by atoms with van der Waals surface area (Å²) < 4.78 is 5.69. The van der Waals surface area contributed by atoms with Gasteiger partial charge < -0.3 is 10.5 Å². The van der Waals surface area contributed by atoms with Gasteiger partial charge in [0.15, 0.2) is 0 Å². The molecule has 0 aliphatic carbocycles. The summed E-state index contributed by atoms with van der Waals surface area (Å²) in [6, 6.07) is 7.93. The molecule has 0 bridgehead atoms. The maximum Gasteiger partial charge on any atom is 0.128 e. The SMILES string of the molecule is [NH3+]c1ccc(OCCN2CCCCC2)cc1. The van der Waals surface area contributed by atoms with Crippen molar-refractivity contribution >= 4 is 5.69 Å². The van der Waals surface area contributed by atoms with Gasteiger partial charge in [0.1, 0.15) is 18.0 Å². The topological polar surface area (TPSA) is 40.1 Å². The van der Waals surface area contributed by atoms with Crippen LogP contribution in [0.2, 0.25) is 0 Å². The van der Waals surface area contributed by atoms with Gasteiger partial charge in [-0.15, -0.1) is 0 Å². The third kappa shape index (κ3) is 3.51. The van der Waals surface area contributed by atoms with Gasteiger partial charge in [-0.1, -0.05) is 6.42 Å². The Kier molecular flexibility index (Phi) is 4.19. The molecule has 0 spiro atoms. The Bertz CT molecular complexity index is 304. The molecule has 3 nitrogen and oxygen atoms in total. The van der Waals surface area contributed by atoms with Gasteiger partial charge >= 0.3 is 0 Å². The van der Waals surface area contributed by atoms with E-state index in [9.17, 15) is 0 Å². The average Bonchev–Trinajstić information content (AvgIpc) is 2.33. The lowest BCUT2D eigenvalue weighted by molar-refractivity contribution is -0.254. The van der Waals surface area contributed by atoms with Crippen molar-refractivity contribution in [1.82, 2.24) is 4.90 Å². The summed E-state index contributed by atoms with van der Waals surface area (Å²) in [6.45, 7) is 4.31. The second-order valence-corrected chi connectivity index (χ2v) is 4.39. The van der Waals surface area contributed by atoms with Gasteiger partial charge in [-0.05, 0) is 38.1 Å². The van der Waals surface area contributed by atoms with E-state index in [1.807, 2.05) is 24.3 Å². The zero-order valence-corrected chi connectivity index (χ0v) is 9.82. The molecule has 1 aromatic carbocycles. The lowest BCUT2D eigenvalue weighted by Crippen LogP contribution is -2.39. The van der Waals surface area contributed by atoms with Crippen molar-refractivity contribution in [3.05, 3.63) is 24.3 Å². The lowest BCUT2D eigenvalue weighted by Gasteiger charge is -2.26. The van der Waals surface area contributed by atoms with Crippen LogP contribution >= 0.6 is 0 Å². The van der Waals surface area contributed by atoms with Gasteiger partial charge in [-0.25, -0.2) is 0 Å². The minimum absolute atomic E-state index is 0.788. The van der Waals surface area contributed by atoms with E-state index in [1.165, 1.54) is 32.4 Å². The van der Waals surface area contributed by atoms with Crippen molar-refractivity contribution in [3.63, 3.8) is 0 Å². The molecule has 0 atom stereocenters. The summed E-state index contributed by atoms with van der Waals surface area (Å²) in [4.78, 5) is 2.49. The van der Waals surface area contributed by atoms with Gasteiger partial charge in [0.05, 0.1) is 0 Å². The molecule has 3 N–H and O–H groups in total. The molecule has 0 aromatic heterocycles. The highest BCUT2D eigenvalue weighted by Gasteiger charge is 2.09. The van der Waals surface area contributed by atoms with Crippen LogP contribution in [-0.2, 0) is 0 Å². The summed E-state index contributed by atoms with van der Waals surface area (Å²) in [5.41, 5.74) is 4.88. The molecular weight excluding hydrogens is 200 g/mol. The van der Waals surface area contributed by atoms with Gasteiger partial charge in [0.2, 0.25) is 0 Å². The molecule has 0 unspecified atom stereocenters. The number of benzene rings is 1. The molecule has 1 saturated heterocycles. The molecule has 1 fully saturated rings. The summed E-state index contributed by atoms with van der Waals surface area (Å²) in [6.07, 6.45) is 4.08. The van der Waals surface area contributed by atoms with E-state index in [-0.39, 0.29) is 0 Å². The fourth-order valence-electron chi connectivity index (χ4n) is 2.06. The van der Waals surface area contributed by atoms with Crippen LogP contribution in [0.4, 0.5) is 5.69 Å². The van der Waals surface area contributed by atoms with Crippen LogP contribution in [-0.4, -0.2) is 31.1 Å². The van der Waals surface area contributed by atoms with E-state index in [2.05, 4.69) is 10.6 Å². The van der Waals surface area contributed by atoms with E-state index >= 15 is 0 Å². The van der Waals surface area contributed by atoms with Crippen LogP contribution in [0.5, 0.6) is 5.75 Å². The Morgan fingerprint density at radius 3 is 2.44 bits per heavy atom. The molecule has 1 aromatic rings. The Hall–Kier alpha value is -1.06. The number of hydrogen-bond acceptors (Lipinski definition) is 2. The van der Waals surface area contributed by atoms with Crippen LogP contribution in [0, 0.1) is 0 Å². The van der Waals surface area contributed by atoms with E-state index in [0.717, 1.165) is 24.6 Å². The highest BCUT2D eigenvalue weighted by molar-refractivity contribution is 5.34. The molecule has 1 heterocycles. The van der Waals surface area contributed by atoms with Crippen molar-refractivity contribution in [2.75, 3.05) is 26.2 Å². The van der Waals surface area contributed by atoms with Crippen LogP contribution in [0.1, 0.15) is 19.3 Å². The lowest BCUT2D eigenvalue weighted by atomic mass is 10.1. The monoisotopic (exact) mass is 221 g/mol. The molecule has 88 valence electrons. The van der Waals surface area contributed by atoms with Gasteiger partial charge in [-0.3, -0.25) is 4.90 Å². The summed E-state index contributed by atoms with van der Waals surface area (Å²) >= 11 is 0. The van der Waals surface area contributed by atoms with Crippen LogP contribution in [0.25, 0.3) is 0 Å². The van der Waals surface area contributed by atoms with Crippen LogP contribution in [0.3, 0.4) is 0 Å². The fraction of sp³-hybridized carbons (Fsp3) is 0.538. The first-order chi connectivity index (χ1) is 7.84. The summed E-state index contributed by atoms with van der Waals surface area (Å²) in [7, 11) is 0. The van der Waals surface area contributed by atoms with Gasteiger partial charge in [-0.2, -0.15) is 0 Å². The van der Waals surface area contributed by atoms with Crippen molar-refractivity contribution < 1.29 is 10.5 Å². The Labute approximate surface area is 97.2 Å². The zero-order chi connectivity index (χ0) is 11.2. The molecule has 0 saturated carbocycles. The highest BCUT2D eigenvalue weighted by atomic mass is 16.5. The van der Waals surface area contributed by atoms with E-state index in [4.69, 9.17) is 4.74 Å².